The van der Waals surface area contributed by atoms with Crippen molar-refractivity contribution in [2.75, 3.05) is 6.54 Å². The Bertz CT molecular complexity index is 218. The van der Waals surface area contributed by atoms with Crippen LogP contribution >= 0.6 is 0 Å². The van der Waals surface area contributed by atoms with Gasteiger partial charge in [0.05, 0.1) is 0 Å². The van der Waals surface area contributed by atoms with E-state index < -0.39 is 17.7 Å². The zero-order valence-corrected chi connectivity index (χ0v) is 12.9. The van der Waals surface area contributed by atoms with Crippen LogP contribution in [0.5, 0.6) is 0 Å². The van der Waals surface area contributed by atoms with Crippen LogP contribution in [0.3, 0.4) is 0 Å². The van der Waals surface area contributed by atoms with Gasteiger partial charge in [-0.3, -0.25) is 4.79 Å². The molecule has 5 nitrogen and oxygen atoms in total. The van der Waals surface area contributed by atoms with Crippen molar-refractivity contribution in [2.24, 2.45) is 0 Å². The number of rotatable bonds is 4. The number of carboxylic acid groups (broad SMARTS) is 1. The Kier molecular flexibility index (Phi) is 10.1. The van der Waals surface area contributed by atoms with Crippen LogP contribution in [0.1, 0.15) is 35.0 Å². The molecule has 0 unspecified atom stereocenters. The van der Waals surface area contributed by atoms with Crippen LogP contribution in [0.2, 0.25) is 0 Å². The third-order valence-corrected chi connectivity index (χ3v) is 1.24. The summed E-state index contributed by atoms with van der Waals surface area (Å²) < 4.78 is 4.95. The van der Waals surface area contributed by atoms with Crippen molar-refractivity contribution in [3.63, 3.8) is 0 Å². The first-order valence-corrected chi connectivity index (χ1v) is 4.50. The van der Waals surface area contributed by atoms with E-state index in [9.17, 15) is 9.59 Å². The molecule has 0 atom stereocenters. The molecule has 1 amide bonds. The number of amides is 1. The predicted molar refractivity (Wildman–Crippen MR) is 52.2 cm³/mol. The quantitative estimate of drug-likeness (QED) is 0.465. The summed E-state index contributed by atoms with van der Waals surface area (Å²) in [5.74, 6) is -0.865. The second-order valence-corrected chi connectivity index (χ2v) is 3.93. The van der Waals surface area contributed by atoms with Crippen molar-refractivity contribution in [3.05, 3.63) is 0 Å². The summed E-state index contributed by atoms with van der Waals surface area (Å²) in [6, 6.07) is 0. The second kappa shape index (κ2) is 8.52. The monoisotopic (exact) mass is 243 g/mol. The summed E-state index contributed by atoms with van der Waals surface area (Å²) >= 11 is 0. The van der Waals surface area contributed by atoms with Crippen LogP contribution < -0.4 is 56.7 Å². The van der Waals surface area contributed by atoms with Crippen molar-refractivity contribution < 1.29 is 72.2 Å². The van der Waals surface area contributed by atoms with Crippen LogP contribution in [0, 0.1) is 0 Å². The normalized spacial score (nSPS) is 10.1. The molecule has 0 saturated carbocycles. The van der Waals surface area contributed by atoms with Crippen molar-refractivity contribution in [2.45, 2.75) is 39.2 Å². The van der Waals surface area contributed by atoms with Gasteiger partial charge in [-0.05, 0) is 27.2 Å². The summed E-state index contributed by atoms with van der Waals surface area (Å²) in [6.45, 7) is 5.62. The topological polar surface area (TPSA) is 75.6 Å². The molecule has 0 heterocycles. The molecule has 15 heavy (non-hydrogen) atoms. The van der Waals surface area contributed by atoms with Crippen molar-refractivity contribution in [1.29, 1.82) is 0 Å². The fourth-order valence-electron chi connectivity index (χ4n) is 0.744. The number of aliphatic carboxylic acids is 1. The van der Waals surface area contributed by atoms with E-state index in [1.807, 2.05) is 0 Å². The van der Waals surface area contributed by atoms with Crippen molar-refractivity contribution in [3.8, 4) is 0 Å². The van der Waals surface area contributed by atoms with Crippen molar-refractivity contribution >= 4 is 12.1 Å². The van der Waals surface area contributed by atoms with Crippen LogP contribution in [-0.4, -0.2) is 29.3 Å². The van der Waals surface area contributed by atoms with Gasteiger partial charge in [0, 0.05) is 13.0 Å². The van der Waals surface area contributed by atoms with Gasteiger partial charge < -0.3 is 16.6 Å². The first-order valence-electron chi connectivity index (χ1n) is 4.50. The number of hydrogen-bond donors (Lipinski definition) is 2. The van der Waals surface area contributed by atoms with Gasteiger partial charge in [-0.2, -0.15) is 0 Å². The Morgan fingerprint density at radius 1 is 1.40 bits per heavy atom. The maximum atomic E-state index is 11.0. The number of alkyl carbamates (subject to hydrolysis) is 1. The molecule has 0 aromatic carbocycles. The molecule has 0 radical (unpaired) electrons. The number of ether oxygens (including phenoxy) is 1. The predicted octanol–water partition coefficient (Wildman–Crippen LogP) is -1.51. The molecule has 84 valence electrons. The van der Waals surface area contributed by atoms with Gasteiger partial charge in [0.25, 0.3) is 0 Å². The molecular formula is C9H18KNO4. The molecule has 0 aromatic rings. The minimum absolute atomic E-state index is 0. The minimum atomic E-state index is -0.865. The Labute approximate surface area is 134 Å². The Morgan fingerprint density at radius 3 is 2.33 bits per heavy atom. The zero-order valence-electron chi connectivity index (χ0n) is 10.8. The Balaban J connectivity index is -0.000000845. The van der Waals surface area contributed by atoms with E-state index in [0.717, 1.165) is 0 Å². The molecule has 2 N–H and O–H groups in total. The Morgan fingerprint density at radius 2 is 1.93 bits per heavy atom. The maximum Gasteiger partial charge on any atom is 1.00 e. The number of carbonyl (C=O) groups is 2. The first-order chi connectivity index (χ1) is 6.31. The van der Waals surface area contributed by atoms with E-state index in [0.29, 0.717) is 13.0 Å². The molecule has 0 rings (SSSR count). The maximum absolute atomic E-state index is 11.0. The van der Waals surface area contributed by atoms with Crippen LogP contribution in [0.4, 0.5) is 4.79 Å². The molecule has 0 saturated heterocycles. The van der Waals surface area contributed by atoms with Gasteiger partial charge in [0.1, 0.15) is 5.60 Å². The Hall–Kier alpha value is 0.376. The van der Waals surface area contributed by atoms with Gasteiger partial charge in [-0.1, -0.05) is 0 Å². The fourth-order valence-corrected chi connectivity index (χ4v) is 0.744. The smallest absolute Gasteiger partial charge is 1.00 e. The van der Waals surface area contributed by atoms with Gasteiger partial charge in [-0.15, -0.1) is 0 Å². The molecule has 0 aliphatic heterocycles. The van der Waals surface area contributed by atoms with E-state index >= 15 is 0 Å². The molecule has 0 bridgehead atoms. The number of hydrogen-bond acceptors (Lipinski definition) is 3. The number of nitrogens with one attached hydrogen (secondary N) is 1. The summed E-state index contributed by atoms with van der Waals surface area (Å²) in [6.07, 6.45) is -0.0485. The third-order valence-electron chi connectivity index (χ3n) is 1.24. The van der Waals surface area contributed by atoms with Crippen LogP contribution in [-0.2, 0) is 9.53 Å². The van der Waals surface area contributed by atoms with E-state index in [1.54, 1.807) is 20.8 Å². The molecule has 0 aliphatic rings. The van der Waals surface area contributed by atoms with E-state index in [2.05, 4.69) is 5.32 Å². The largest absolute Gasteiger partial charge is 1.00 e. The standard InChI is InChI=1S/C9H17NO4.K.H/c1-9(2,3)14-8(13)10-6-4-5-7(11)12;;/h4-6H2,1-3H3,(H,10,13)(H,11,12);;/q;+1;-1. The van der Waals surface area contributed by atoms with Crippen LogP contribution in [0.15, 0.2) is 0 Å². The fraction of sp³-hybridized carbons (Fsp3) is 0.778. The molecule has 0 aliphatic carbocycles. The number of carbonyl (C=O) groups excluding carboxylic acids is 1. The average molecular weight is 243 g/mol. The van der Waals surface area contributed by atoms with Gasteiger partial charge in [0.15, 0.2) is 0 Å². The molecule has 0 fully saturated rings. The first kappa shape index (κ1) is 17.8. The van der Waals surface area contributed by atoms with Gasteiger partial charge in [-0.25, -0.2) is 4.79 Å². The molecule has 0 aromatic heterocycles. The minimum Gasteiger partial charge on any atom is -1.00 e. The molecule has 0 spiro atoms. The molecule has 6 heteroatoms. The summed E-state index contributed by atoms with van der Waals surface area (Å²) in [5.41, 5.74) is -0.517. The number of carboxylic acids is 1. The van der Waals surface area contributed by atoms with E-state index in [4.69, 9.17) is 9.84 Å². The van der Waals surface area contributed by atoms with Gasteiger partial charge in [0.2, 0.25) is 0 Å². The molecular weight excluding hydrogens is 225 g/mol. The zero-order chi connectivity index (χ0) is 11.2. The average Bonchev–Trinajstić information content (AvgIpc) is 1.94. The summed E-state index contributed by atoms with van der Waals surface area (Å²) in [5, 5.41) is 10.8. The van der Waals surface area contributed by atoms with Crippen molar-refractivity contribution in [1.82, 2.24) is 5.32 Å². The SMILES string of the molecule is CC(C)(C)OC(=O)NCCCC(=O)O.[H-].[K+]. The second-order valence-electron chi connectivity index (χ2n) is 3.93. The summed E-state index contributed by atoms with van der Waals surface area (Å²) in [7, 11) is 0. The summed E-state index contributed by atoms with van der Waals surface area (Å²) in [4.78, 5) is 21.2. The van der Waals surface area contributed by atoms with Gasteiger partial charge >= 0.3 is 63.4 Å². The van der Waals surface area contributed by atoms with Crippen LogP contribution in [0.25, 0.3) is 0 Å². The van der Waals surface area contributed by atoms with E-state index in [1.165, 1.54) is 0 Å². The third kappa shape index (κ3) is 14.4. The van der Waals surface area contributed by atoms with E-state index in [-0.39, 0.29) is 59.2 Å².